The summed E-state index contributed by atoms with van der Waals surface area (Å²) in [5, 5.41) is 0. The standard InChI is InChI=1S/C15H19BrN2OS/c1-10-6-11(8-12(16)7-10)15(19)18(9-14(17)20)13-4-2-3-5-13/h6-8,13H,2-5,9H2,1H3,(H2,17,20). The number of benzene rings is 1. The third kappa shape index (κ3) is 3.79. The highest BCUT2D eigenvalue weighted by Gasteiger charge is 2.28. The summed E-state index contributed by atoms with van der Waals surface area (Å²) >= 11 is 8.45. The van der Waals surface area contributed by atoms with E-state index >= 15 is 0 Å². The summed E-state index contributed by atoms with van der Waals surface area (Å²) in [7, 11) is 0. The quantitative estimate of drug-likeness (QED) is 0.842. The predicted molar refractivity (Wildman–Crippen MR) is 89.0 cm³/mol. The Morgan fingerprint density at radius 2 is 2.05 bits per heavy atom. The van der Waals surface area contributed by atoms with Crippen LogP contribution in [0.1, 0.15) is 41.6 Å². The second kappa shape index (κ2) is 6.68. The summed E-state index contributed by atoms with van der Waals surface area (Å²) < 4.78 is 0.919. The van der Waals surface area contributed by atoms with Crippen LogP contribution < -0.4 is 5.73 Å². The second-order valence-electron chi connectivity index (χ2n) is 5.35. The number of rotatable bonds is 4. The lowest BCUT2D eigenvalue weighted by atomic mass is 10.1. The average molecular weight is 355 g/mol. The Hall–Kier alpha value is -0.940. The van der Waals surface area contributed by atoms with E-state index in [1.807, 2.05) is 30.0 Å². The van der Waals surface area contributed by atoms with Crippen molar-refractivity contribution in [3.05, 3.63) is 33.8 Å². The van der Waals surface area contributed by atoms with Crippen LogP contribution in [0.25, 0.3) is 0 Å². The molecule has 1 aliphatic carbocycles. The zero-order valence-corrected chi connectivity index (χ0v) is 14.0. The smallest absolute Gasteiger partial charge is 0.254 e. The molecule has 1 aromatic carbocycles. The van der Waals surface area contributed by atoms with Gasteiger partial charge in [-0.05, 0) is 43.5 Å². The molecular formula is C15H19BrN2OS. The number of hydrogen-bond acceptors (Lipinski definition) is 2. The van der Waals surface area contributed by atoms with Gasteiger partial charge in [-0.15, -0.1) is 0 Å². The lowest BCUT2D eigenvalue weighted by molar-refractivity contribution is 0.0714. The highest BCUT2D eigenvalue weighted by Crippen LogP contribution is 2.26. The van der Waals surface area contributed by atoms with Crippen LogP contribution in [0.5, 0.6) is 0 Å². The first-order chi connectivity index (χ1) is 9.47. The van der Waals surface area contributed by atoms with Crippen LogP contribution in [-0.4, -0.2) is 28.4 Å². The Labute approximate surface area is 133 Å². The maximum atomic E-state index is 12.8. The number of carbonyl (C=O) groups excluding carboxylic acids is 1. The van der Waals surface area contributed by atoms with Gasteiger partial charge in [-0.2, -0.15) is 0 Å². The first kappa shape index (κ1) is 15.4. The summed E-state index contributed by atoms with van der Waals surface area (Å²) in [6.45, 7) is 2.35. The van der Waals surface area contributed by atoms with Crippen LogP contribution in [-0.2, 0) is 0 Å². The number of nitrogens with two attached hydrogens (primary N) is 1. The van der Waals surface area contributed by atoms with Crippen LogP contribution in [0.4, 0.5) is 0 Å². The number of carbonyl (C=O) groups is 1. The zero-order valence-electron chi connectivity index (χ0n) is 11.6. The molecule has 0 aromatic heterocycles. The van der Waals surface area contributed by atoms with Crippen molar-refractivity contribution in [2.45, 2.75) is 38.6 Å². The molecule has 1 amide bonds. The van der Waals surface area contributed by atoms with Gasteiger partial charge in [0.1, 0.15) is 0 Å². The first-order valence-corrected chi connectivity index (χ1v) is 8.04. The van der Waals surface area contributed by atoms with Crippen molar-refractivity contribution >= 4 is 39.0 Å². The molecule has 108 valence electrons. The van der Waals surface area contributed by atoms with E-state index in [0.29, 0.717) is 17.1 Å². The van der Waals surface area contributed by atoms with E-state index in [1.165, 1.54) is 12.8 Å². The van der Waals surface area contributed by atoms with Gasteiger partial charge in [0, 0.05) is 16.1 Å². The summed E-state index contributed by atoms with van der Waals surface area (Å²) in [5.41, 5.74) is 7.42. The van der Waals surface area contributed by atoms with Gasteiger partial charge in [0.05, 0.1) is 11.5 Å². The van der Waals surface area contributed by atoms with Gasteiger partial charge in [-0.3, -0.25) is 4.79 Å². The summed E-state index contributed by atoms with van der Waals surface area (Å²) in [4.78, 5) is 15.0. The number of thiocarbonyl (C=S) groups is 1. The molecule has 0 saturated heterocycles. The Balaban J connectivity index is 2.26. The highest BCUT2D eigenvalue weighted by atomic mass is 79.9. The van der Waals surface area contributed by atoms with Crippen LogP contribution in [0, 0.1) is 6.92 Å². The monoisotopic (exact) mass is 354 g/mol. The maximum absolute atomic E-state index is 12.8. The van der Waals surface area contributed by atoms with Crippen LogP contribution >= 0.6 is 28.1 Å². The van der Waals surface area contributed by atoms with Gasteiger partial charge in [0.2, 0.25) is 0 Å². The molecule has 0 radical (unpaired) electrons. The molecule has 0 unspecified atom stereocenters. The maximum Gasteiger partial charge on any atom is 0.254 e. The van der Waals surface area contributed by atoms with Gasteiger partial charge in [0.15, 0.2) is 0 Å². The molecule has 1 saturated carbocycles. The van der Waals surface area contributed by atoms with Crippen LogP contribution in [0.2, 0.25) is 0 Å². The average Bonchev–Trinajstić information content (AvgIpc) is 2.87. The van der Waals surface area contributed by atoms with E-state index in [2.05, 4.69) is 15.9 Å². The molecule has 0 atom stereocenters. The molecule has 1 fully saturated rings. The van der Waals surface area contributed by atoms with E-state index in [-0.39, 0.29) is 11.9 Å². The lowest BCUT2D eigenvalue weighted by Gasteiger charge is -2.28. The summed E-state index contributed by atoms with van der Waals surface area (Å²) in [5.74, 6) is 0.0223. The van der Waals surface area contributed by atoms with Crippen molar-refractivity contribution in [3.8, 4) is 0 Å². The minimum absolute atomic E-state index is 0.0223. The molecule has 0 heterocycles. The largest absolute Gasteiger partial charge is 0.392 e. The third-order valence-corrected chi connectivity index (χ3v) is 4.23. The summed E-state index contributed by atoms with van der Waals surface area (Å²) in [6, 6.07) is 6.03. The van der Waals surface area contributed by atoms with Crippen molar-refractivity contribution < 1.29 is 4.79 Å². The minimum Gasteiger partial charge on any atom is -0.392 e. The number of hydrogen-bond donors (Lipinski definition) is 1. The number of halogens is 1. The number of amides is 1. The first-order valence-electron chi connectivity index (χ1n) is 6.84. The molecule has 2 N–H and O–H groups in total. The molecule has 0 bridgehead atoms. The van der Waals surface area contributed by atoms with Gasteiger partial charge in [0.25, 0.3) is 5.91 Å². The molecule has 3 nitrogen and oxygen atoms in total. The van der Waals surface area contributed by atoms with Crippen molar-refractivity contribution in [3.63, 3.8) is 0 Å². The van der Waals surface area contributed by atoms with Gasteiger partial charge >= 0.3 is 0 Å². The van der Waals surface area contributed by atoms with Crippen molar-refractivity contribution in [1.82, 2.24) is 4.90 Å². The van der Waals surface area contributed by atoms with E-state index in [4.69, 9.17) is 18.0 Å². The Morgan fingerprint density at radius 3 is 2.60 bits per heavy atom. The van der Waals surface area contributed by atoms with Crippen LogP contribution in [0.3, 0.4) is 0 Å². The lowest BCUT2D eigenvalue weighted by Crippen LogP contribution is -2.43. The number of aryl methyl sites for hydroxylation is 1. The van der Waals surface area contributed by atoms with Gasteiger partial charge in [-0.25, -0.2) is 0 Å². The second-order valence-corrected chi connectivity index (χ2v) is 6.79. The van der Waals surface area contributed by atoms with E-state index in [0.717, 1.165) is 22.9 Å². The van der Waals surface area contributed by atoms with Gasteiger partial charge in [-0.1, -0.05) is 41.0 Å². The normalized spacial score (nSPS) is 15.3. The van der Waals surface area contributed by atoms with E-state index in [9.17, 15) is 4.79 Å². The topological polar surface area (TPSA) is 46.3 Å². The number of nitrogens with zero attached hydrogens (tertiary/aromatic N) is 1. The van der Waals surface area contributed by atoms with Crippen LogP contribution in [0.15, 0.2) is 22.7 Å². The fraction of sp³-hybridized carbons (Fsp3) is 0.467. The molecular weight excluding hydrogens is 336 g/mol. The molecule has 20 heavy (non-hydrogen) atoms. The van der Waals surface area contributed by atoms with Gasteiger partial charge < -0.3 is 10.6 Å². The molecule has 0 aliphatic heterocycles. The molecule has 5 heteroatoms. The highest BCUT2D eigenvalue weighted by molar-refractivity contribution is 9.10. The van der Waals surface area contributed by atoms with E-state index in [1.54, 1.807) is 0 Å². The molecule has 1 aliphatic rings. The Morgan fingerprint density at radius 1 is 1.40 bits per heavy atom. The Kier molecular flexibility index (Phi) is 5.16. The van der Waals surface area contributed by atoms with E-state index < -0.39 is 0 Å². The predicted octanol–water partition coefficient (Wildman–Crippen LogP) is 3.43. The summed E-state index contributed by atoms with van der Waals surface area (Å²) in [6.07, 6.45) is 4.43. The fourth-order valence-corrected chi connectivity index (χ4v) is 3.52. The SMILES string of the molecule is Cc1cc(Br)cc(C(=O)N(CC(N)=S)C2CCCC2)c1. The minimum atomic E-state index is 0.0223. The fourth-order valence-electron chi connectivity index (χ4n) is 2.78. The zero-order chi connectivity index (χ0) is 14.7. The van der Waals surface area contributed by atoms with Crippen molar-refractivity contribution in [2.24, 2.45) is 5.73 Å². The molecule has 0 spiro atoms. The molecule has 2 rings (SSSR count). The Bertz CT molecular complexity index is 506. The van der Waals surface area contributed by atoms with Crippen molar-refractivity contribution in [1.29, 1.82) is 0 Å². The molecule has 1 aromatic rings. The third-order valence-electron chi connectivity index (χ3n) is 3.64. The van der Waals surface area contributed by atoms with Crippen molar-refractivity contribution in [2.75, 3.05) is 6.54 Å².